The molecule has 0 bridgehead atoms. The smallest absolute Gasteiger partial charge is 0.279 e. The number of piperazine rings is 1. The van der Waals surface area contributed by atoms with E-state index in [1.807, 2.05) is 24.3 Å². The molecule has 0 saturated carbocycles. The van der Waals surface area contributed by atoms with Crippen molar-refractivity contribution in [1.82, 2.24) is 14.3 Å². The number of methoxy groups -OCH3 is 1. The van der Waals surface area contributed by atoms with Crippen LogP contribution in [0.3, 0.4) is 0 Å². The topological polar surface area (TPSA) is 70.7 Å². The summed E-state index contributed by atoms with van der Waals surface area (Å²) in [5.74, 6) is 0.686. The first-order chi connectivity index (χ1) is 9.13. The van der Waals surface area contributed by atoms with Crippen molar-refractivity contribution < 1.29 is 13.2 Å². The molecule has 0 aromatic heterocycles. The standard InChI is InChI=1S/C12H19N3O3S/c1-18-12-5-3-2-4-11(12)10-14-19(16,17)15-8-6-13-7-9-15/h2-5,13-14H,6-10H2,1H3. The van der Waals surface area contributed by atoms with Gasteiger partial charge < -0.3 is 10.1 Å². The summed E-state index contributed by atoms with van der Waals surface area (Å²) in [6.45, 7) is 2.62. The zero-order valence-electron chi connectivity index (χ0n) is 10.9. The molecule has 2 N–H and O–H groups in total. The molecule has 1 aliphatic heterocycles. The summed E-state index contributed by atoms with van der Waals surface area (Å²) in [6.07, 6.45) is 0. The lowest BCUT2D eigenvalue weighted by molar-refractivity contribution is 0.354. The third-order valence-electron chi connectivity index (χ3n) is 3.05. The second-order valence-corrected chi connectivity index (χ2v) is 6.04. The van der Waals surface area contributed by atoms with E-state index in [0.717, 1.165) is 5.56 Å². The molecule has 0 unspecified atom stereocenters. The minimum Gasteiger partial charge on any atom is -0.496 e. The zero-order chi connectivity index (χ0) is 13.7. The number of benzene rings is 1. The summed E-state index contributed by atoms with van der Waals surface area (Å²) in [4.78, 5) is 0. The highest BCUT2D eigenvalue weighted by molar-refractivity contribution is 7.87. The Balaban J connectivity index is 2.00. The SMILES string of the molecule is COc1ccccc1CNS(=O)(=O)N1CCNCC1. The number of para-hydroxylation sites is 1. The van der Waals surface area contributed by atoms with E-state index in [1.54, 1.807) is 7.11 Å². The summed E-state index contributed by atoms with van der Waals surface area (Å²) in [6, 6.07) is 7.37. The molecule has 1 aromatic carbocycles. The van der Waals surface area contributed by atoms with Gasteiger partial charge >= 0.3 is 0 Å². The highest BCUT2D eigenvalue weighted by Crippen LogP contribution is 2.17. The molecule has 6 nitrogen and oxygen atoms in total. The fraction of sp³-hybridized carbons (Fsp3) is 0.500. The largest absolute Gasteiger partial charge is 0.496 e. The highest BCUT2D eigenvalue weighted by atomic mass is 32.2. The van der Waals surface area contributed by atoms with Crippen LogP contribution < -0.4 is 14.8 Å². The monoisotopic (exact) mass is 285 g/mol. The second kappa shape index (κ2) is 6.33. The molecular formula is C12H19N3O3S. The molecule has 1 saturated heterocycles. The first kappa shape index (κ1) is 14.3. The minimum atomic E-state index is -3.42. The van der Waals surface area contributed by atoms with Crippen LogP contribution in [-0.2, 0) is 16.8 Å². The number of nitrogens with one attached hydrogen (secondary N) is 2. The number of hydrogen-bond donors (Lipinski definition) is 2. The minimum absolute atomic E-state index is 0.232. The molecule has 0 atom stereocenters. The van der Waals surface area contributed by atoms with Crippen LogP contribution in [0.5, 0.6) is 5.75 Å². The Morgan fingerprint density at radius 2 is 2.00 bits per heavy atom. The zero-order valence-corrected chi connectivity index (χ0v) is 11.7. The molecule has 0 amide bonds. The Bertz CT molecular complexity index is 513. The molecule has 106 valence electrons. The van der Waals surface area contributed by atoms with E-state index in [9.17, 15) is 8.42 Å². The first-order valence-corrected chi connectivity index (χ1v) is 7.65. The van der Waals surface area contributed by atoms with Gasteiger partial charge in [0.05, 0.1) is 7.11 Å². The molecule has 0 spiro atoms. The van der Waals surface area contributed by atoms with E-state index >= 15 is 0 Å². The highest BCUT2D eigenvalue weighted by Gasteiger charge is 2.23. The van der Waals surface area contributed by atoms with Crippen molar-refractivity contribution in [2.24, 2.45) is 0 Å². The van der Waals surface area contributed by atoms with Crippen LogP contribution in [0.25, 0.3) is 0 Å². The number of rotatable bonds is 5. The van der Waals surface area contributed by atoms with Crippen molar-refractivity contribution >= 4 is 10.2 Å². The van der Waals surface area contributed by atoms with Crippen molar-refractivity contribution in [3.05, 3.63) is 29.8 Å². The fourth-order valence-corrected chi connectivity index (χ4v) is 3.18. The summed E-state index contributed by atoms with van der Waals surface area (Å²) >= 11 is 0. The third kappa shape index (κ3) is 3.66. The average molecular weight is 285 g/mol. The summed E-state index contributed by atoms with van der Waals surface area (Å²) in [7, 11) is -1.85. The van der Waals surface area contributed by atoms with E-state index in [4.69, 9.17) is 4.74 Å². The Morgan fingerprint density at radius 3 is 2.68 bits per heavy atom. The van der Waals surface area contributed by atoms with Gasteiger partial charge in [-0.25, -0.2) is 0 Å². The predicted octanol–water partition coefficient (Wildman–Crippen LogP) is -0.0652. The van der Waals surface area contributed by atoms with E-state index in [2.05, 4.69) is 10.0 Å². The molecule has 19 heavy (non-hydrogen) atoms. The van der Waals surface area contributed by atoms with Gasteiger partial charge in [-0.3, -0.25) is 0 Å². The van der Waals surface area contributed by atoms with Crippen molar-refractivity contribution in [2.75, 3.05) is 33.3 Å². The van der Waals surface area contributed by atoms with Crippen molar-refractivity contribution in [1.29, 1.82) is 0 Å². The van der Waals surface area contributed by atoms with E-state index in [0.29, 0.717) is 31.9 Å². The molecule has 0 radical (unpaired) electrons. The lowest BCUT2D eigenvalue weighted by Crippen LogP contribution is -2.50. The number of hydrogen-bond acceptors (Lipinski definition) is 4. The molecule has 0 aliphatic carbocycles. The van der Waals surface area contributed by atoms with E-state index in [-0.39, 0.29) is 6.54 Å². The van der Waals surface area contributed by atoms with E-state index in [1.165, 1.54) is 4.31 Å². The van der Waals surface area contributed by atoms with Gasteiger partial charge in [-0.15, -0.1) is 0 Å². The number of ether oxygens (including phenoxy) is 1. The van der Waals surface area contributed by atoms with Crippen LogP contribution in [0.2, 0.25) is 0 Å². The van der Waals surface area contributed by atoms with E-state index < -0.39 is 10.2 Å². The Hall–Kier alpha value is -1.15. The second-order valence-electron chi connectivity index (χ2n) is 4.29. The maximum atomic E-state index is 12.1. The lowest BCUT2D eigenvalue weighted by Gasteiger charge is -2.26. The quantitative estimate of drug-likeness (QED) is 0.795. The summed E-state index contributed by atoms with van der Waals surface area (Å²) in [5.41, 5.74) is 0.823. The predicted molar refractivity (Wildman–Crippen MR) is 73.2 cm³/mol. The summed E-state index contributed by atoms with van der Waals surface area (Å²) in [5, 5.41) is 3.12. The van der Waals surface area contributed by atoms with Gasteiger partial charge in [-0.05, 0) is 6.07 Å². The number of nitrogens with zero attached hydrogens (tertiary/aromatic N) is 1. The van der Waals surface area contributed by atoms with Gasteiger partial charge in [0.2, 0.25) is 0 Å². The lowest BCUT2D eigenvalue weighted by atomic mass is 10.2. The van der Waals surface area contributed by atoms with Gasteiger partial charge in [0.15, 0.2) is 0 Å². The molecule has 1 aromatic rings. The maximum Gasteiger partial charge on any atom is 0.279 e. The van der Waals surface area contributed by atoms with Crippen molar-refractivity contribution in [3.63, 3.8) is 0 Å². The van der Waals surface area contributed by atoms with Gasteiger partial charge in [-0.1, -0.05) is 18.2 Å². The van der Waals surface area contributed by atoms with Gasteiger partial charge in [0, 0.05) is 38.3 Å². The van der Waals surface area contributed by atoms with Crippen molar-refractivity contribution in [3.8, 4) is 5.75 Å². The maximum absolute atomic E-state index is 12.1. The van der Waals surface area contributed by atoms with Crippen LogP contribution >= 0.6 is 0 Å². The van der Waals surface area contributed by atoms with Crippen LogP contribution in [-0.4, -0.2) is 46.0 Å². The molecule has 7 heteroatoms. The van der Waals surface area contributed by atoms with Crippen LogP contribution in [0.4, 0.5) is 0 Å². The Morgan fingerprint density at radius 1 is 1.32 bits per heavy atom. The molecule has 2 rings (SSSR count). The van der Waals surface area contributed by atoms with Gasteiger partial charge in [0.25, 0.3) is 10.2 Å². The molecule has 1 fully saturated rings. The Kier molecular flexibility index (Phi) is 4.76. The van der Waals surface area contributed by atoms with Gasteiger partial charge in [0.1, 0.15) is 5.75 Å². The average Bonchev–Trinajstić information content (AvgIpc) is 2.46. The van der Waals surface area contributed by atoms with Crippen LogP contribution in [0.15, 0.2) is 24.3 Å². The third-order valence-corrected chi connectivity index (χ3v) is 4.61. The fourth-order valence-electron chi connectivity index (χ4n) is 1.99. The molecule has 1 aliphatic rings. The normalized spacial score (nSPS) is 17.3. The Labute approximate surface area is 113 Å². The summed E-state index contributed by atoms with van der Waals surface area (Å²) < 4.78 is 33.5. The van der Waals surface area contributed by atoms with Crippen molar-refractivity contribution in [2.45, 2.75) is 6.54 Å². The van der Waals surface area contributed by atoms with Gasteiger partial charge in [-0.2, -0.15) is 17.4 Å². The molecular weight excluding hydrogens is 266 g/mol. The first-order valence-electron chi connectivity index (χ1n) is 6.21. The van der Waals surface area contributed by atoms with Crippen LogP contribution in [0.1, 0.15) is 5.56 Å². The molecule has 1 heterocycles. The van der Waals surface area contributed by atoms with Crippen LogP contribution in [0, 0.1) is 0 Å².